The SMILES string of the molecule is Cc1cccc(C)c1C(=O)Nc1ccc(-c2cc3c(cc2Cl)OCO3)cn1. The van der Waals surface area contributed by atoms with Gasteiger partial charge < -0.3 is 14.8 Å². The molecule has 1 aliphatic rings. The van der Waals surface area contributed by atoms with Crippen molar-refractivity contribution in [2.45, 2.75) is 13.8 Å². The van der Waals surface area contributed by atoms with Gasteiger partial charge in [-0.15, -0.1) is 0 Å². The zero-order valence-electron chi connectivity index (χ0n) is 14.9. The summed E-state index contributed by atoms with van der Waals surface area (Å²) in [6.07, 6.45) is 1.67. The Kier molecular flexibility index (Phi) is 4.46. The maximum absolute atomic E-state index is 12.6. The number of fused-ring (bicyclic) bond motifs is 1. The molecule has 2 heterocycles. The number of ether oxygens (including phenoxy) is 2. The average molecular weight is 381 g/mol. The van der Waals surface area contributed by atoms with Crippen molar-refractivity contribution in [3.8, 4) is 22.6 Å². The van der Waals surface area contributed by atoms with Crippen molar-refractivity contribution in [1.82, 2.24) is 4.98 Å². The first kappa shape index (κ1) is 17.4. The number of halogens is 1. The molecule has 5 nitrogen and oxygen atoms in total. The van der Waals surface area contributed by atoms with Crippen LogP contribution in [-0.4, -0.2) is 17.7 Å². The van der Waals surface area contributed by atoms with Gasteiger partial charge in [-0.05, 0) is 43.2 Å². The number of hydrogen-bond acceptors (Lipinski definition) is 4. The van der Waals surface area contributed by atoms with Crippen LogP contribution in [0.15, 0.2) is 48.7 Å². The van der Waals surface area contributed by atoms with Gasteiger partial charge in [0, 0.05) is 29.0 Å². The number of amides is 1. The van der Waals surface area contributed by atoms with Crippen LogP contribution in [0.4, 0.5) is 5.82 Å². The number of anilines is 1. The van der Waals surface area contributed by atoms with E-state index in [0.717, 1.165) is 22.3 Å². The number of nitrogens with zero attached hydrogens (tertiary/aromatic N) is 1. The van der Waals surface area contributed by atoms with Crippen LogP contribution >= 0.6 is 11.6 Å². The van der Waals surface area contributed by atoms with E-state index < -0.39 is 0 Å². The number of pyridine rings is 1. The minimum absolute atomic E-state index is 0.174. The molecule has 0 saturated carbocycles. The van der Waals surface area contributed by atoms with Gasteiger partial charge in [0.2, 0.25) is 6.79 Å². The summed E-state index contributed by atoms with van der Waals surface area (Å²) in [5.74, 6) is 1.59. The largest absolute Gasteiger partial charge is 0.454 e. The summed E-state index contributed by atoms with van der Waals surface area (Å²) in [5, 5.41) is 3.40. The number of hydrogen-bond donors (Lipinski definition) is 1. The fourth-order valence-corrected chi connectivity index (χ4v) is 3.38. The molecular formula is C21H17ClN2O3. The van der Waals surface area contributed by atoms with Crippen molar-refractivity contribution in [3.63, 3.8) is 0 Å². The Morgan fingerprint density at radius 1 is 1.07 bits per heavy atom. The van der Waals surface area contributed by atoms with Crippen molar-refractivity contribution in [2.75, 3.05) is 12.1 Å². The molecule has 1 N–H and O–H groups in total. The number of carbonyl (C=O) groups excluding carboxylic acids is 1. The van der Waals surface area contributed by atoms with Gasteiger partial charge in [0.25, 0.3) is 5.91 Å². The Morgan fingerprint density at radius 2 is 1.78 bits per heavy atom. The quantitative estimate of drug-likeness (QED) is 0.694. The van der Waals surface area contributed by atoms with Crippen LogP contribution in [0.5, 0.6) is 11.5 Å². The molecule has 1 aromatic heterocycles. The van der Waals surface area contributed by atoms with Crippen molar-refractivity contribution < 1.29 is 14.3 Å². The third-order valence-electron chi connectivity index (χ3n) is 4.49. The summed E-state index contributed by atoms with van der Waals surface area (Å²) in [5.41, 5.74) is 4.14. The smallest absolute Gasteiger partial charge is 0.257 e. The zero-order valence-corrected chi connectivity index (χ0v) is 15.6. The summed E-state index contributed by atoms with van der Waals surface area (Å²) in [6, 6.07) is 12.9. The fourth-order valence-electron chi connectivity index (χ4n) is 3.12. The van der Waals surface area contributed by atoms with Gasteiger partial charge in [-0.25, -0.2) is 4.98 Å². The number of aryl methyl sites for hydroxylation is 2. The van der Waals surface area contributed by atoms with Crippen molar-refractivity contribution in [2.24, 2.45) is 0 Å². The summed E-state index contributed by atoms with van der Waals surface area (Å²) < 4.78 is 10.7. The molecule has 0 atom stereocenters. The second-order valence-electron chi connectivity index (χ2n) is 6.34. The van der Waals surface area contributed by atoms with Crippen LogP contribution in [0.25, 0.3) is 11.1 Å². The van der Waals surface area contributed by atoms with Gasteiger partial charge in [-0.1, -0.05) is 29.8 Å². The monoisotopic (exact) mass is 380 g/mol. The van der Waals surface area contributed by atoms with E-state index in [4.69, 9.17) is 21.1 Å². The lowest BCUT2D eigenvalue weighted by Gasteiger charge is -2.11. The third-order valence-corrected chi connectivity index (χ3v) is 4.80. The Balaban J connectivity index is 1.57. The van der Waals surface area contributed by atoms with E-state index in [-0.39, 0.29) is 12.7 Å². The maximum atomic E-state index is 12.6. The highest BCUT2D eigenvalue weighted by molar-refractivity contribution is 6.33. The van der Waals surface area contributed by atoms with E-state index in [1.54, 1.807) is 18.3 Å². The van der Waals surface area contributed by atoms with Crippen LogP contribution in [-0.2, 0) is 0 Å². The third kappa shape index (κ3) is 3.34. The maximum Gasteiger partial charge on any atom is 0.257 e. The normalized spacial score (nSPS) is 12.1. The van der Waals surface area contributed by atoms with Crippen LogP contribution in [0.3, 0.4) is 0 Å². The topological polar surface area (TPSA) is 60.5 Å². The molecule has 1 aliphatic heterocycles. The molecule has 0 radical (unpaired) electrons. The number of rotatable bonds is 3. The van der Waals surface area contributed by atoms with Gasteiger partial charge in [0.05, 0.1) is 5.02 Å². The molecule has 1 amide bonds. The van der Waals surface area contributed by atoms with Gasteiger partial charge in [0.1, 0.15) is 5.82 Å². The lowest BCUT2D eigenvalue weighted by atomic mass is 10.0. The number of aromatic nitrogens is 1. The van der Waals surface area contributed by atoms with E-state index in [9.17, 15) is 4.79 Å². The van der Waals surface area contributed by atoms with Crippen molar-refractivity contribution >= 4 is 23.3 Å². The van der Waals surface area contributed by atoms with Crippen LogP contribution in [0.2, 0.25) is 5.02 Å². The first-order valence-electron chi connectivity index (χ1n) is 8.46. The molecule has 4 rings (SSSR count). The Bertz CT molecular complexity index is 1010. The summed E-state index contributed by atoms with van der Waals surface area (Å²) in [7, 11) is 0. The number of nitrogens with one attached hydrogen (secondary N) is 1. The van der Waals surface area contributed by atoms with Crippen LogP contribution in [0, 0.1) is 13.8 Å². The Morgan fingerprint density at radius 3 is 2.44 bits per heavy atom. The van der Waals surface area contributed by atoms with Gasteiger partial charge in [-0.3, -0.25) is 4.79 Å². The van der Waals surface area contributed by atoms with E-state index in [1.807, 2.05) is 44.2 Å². The van der Waals surface area contributed by atoms with E-state index >= 15 is 0 Å². The van der Waals surface area contributed by atoms with E-state index in [0.29, 0.717) is 27.9 Å². The summed E-state index contributed by atoms with van der Waals surface area (Å²) in [6.45, 7) is 4.02. The molecule has 0 bridgehead atoms. The van der Waals surface area contributed by atoms with Crippen molar-refractivity contribution in [1.29, 1.82) is 0 Å². The molecule has 0 aliphatic carbocycles. The molecule has 6 heteroatoms. The highest BCUT2D eigenvalue weighted by Gasteiger charge is 2.18. The van der Waals surface area contributed by atoms with Gasteiger partial charge in [-0.2, -0.15) is 0 Å². The predicted molar refractivity (Wildman–Crippen MR) is 105 cm³/mol. The molecule has 136 valence electrons. The minimum atomic E-state index is -0.174. The molecule has 0 unspecified atom stereocenters. The predicted octanol–water partition coefficient (Wildman–Crippen LogP) is 5.00. The average Bonchev–Trinajstić information content (AvgIpc) is 3.09. The molecule has 0 spiro atoms. The van der Waals surface area contributed by atoms with Gasteiger partial charge >= 0.3 is 0 Å². The Labute approximate surface area is 161 Å². The molecular weight excluding hydrogens is 364 g/mol. The fraction of sp³-hybridized carbons (Fsp3) is 0.143. The summed E-state index contributed by atoms with van der Waals surface area (Å²) >= 11 is 6.35. The Hall–Kier alpha value is -3.05. The summed E-state index contributed by atoms with van der Waals surface area (Å²) in [4.78, 5) is 16.9. The second kappa shape index (κ2) is 6.93. The lowest BCUT2D eigenvalue weighted by Crippen LogP contribution is -2.15. The minimum Gasteiger partial charge on any atom is -0.454 e. The second-order valence-corrected chi connectivity index (χ2v) is 6.75. The number of carbonyl (C=O) groups is 1. The number of benzene rings is 2. The lowest BCUT2D eigenvalue weighted by molar-refractivity contribution is 0.102. The molecule has 2 aromatic carbocycles. The zero-order chi connectivity index (χ0) is 19.0. The first-order chi connectivity index (χ1) is 13.0. The van der Waals surface area contributed by atoms with Crippen LogP contribution < -0.4 is 14.8 Å². The molecule has 0 saturated heterocycles. The van der Waals surface area contributed by atoms with Crippen LogP contribution in [0.1, 0.15) is 21.5 Å². The van der Waals surface area contributed by atoms with Crippen molar-refractivity contribution in [3.05, 3.63) is 70.4 Å². The highest BCUT2D eigenvalue weighted by Crippen LogP contribution is 2.40. The molecule has 0 fully saturated rings. The highest BCUT2D eigenvalue weighted by atomic mass is 35.5. The van der Waals surface area contributed by atoms with E-state index in [2.05, 4.69) is 10.3 Å². The molecule has 3 aromatic rings. The first-order valence-corrected chi connectivity index (χ1v) is 8.84. The standard InChI is InChI=1S/C21H17ClN2O3/c1-12-4-3-5-13(2)20(12)21(25)24-19-7-6-14(10-23-19)15-8-17-18(9-16(15)22)27-11-26-17/h3-10H,11H2,1-2H3,(H,23,24,25). The van der Waals surface area contributed by atoms with Gasteiger partial charge in [0.15, 0.2) is 11.5 Å². The van der Waals surface area contributed by atoms with E-state index in [1.165, 1.54) is 0 Å². The molecule has 27 heavy (non-hydrogen) atoms.